The molecule has 2 heteroatoms. The van der Waals surface area contributed by atoms with E-state index >= 15 is 0 Å². The smallest absolute Gasteiger partial charge is 0.200 e. The standard InChI is InChI=1S/C4H4NO/c1-2-4-6-5-3-1/h1-3,5H. The maximum atomic E-state index is 4.43. The van der Waals surface area contributed by atoms with E-state index in [1.165, 1.54) is 0 Å². The van der Waals surface area contributed by atoms with Crippen LogP contribution in [-0.2, 0) is 4.84 Å². The predicted octanol–water partition coefficient (Wildman–Crippen LogP) is 0.352. The van der Waals surface area contributed by atoms with E-state index < -0.39 is 0 Å². The lowest BCUT2D eigenvalue weighted by atomic mass is 10.6. The van der Waals surface area contributed by atoms with Crippen LogP contribution >= 0.6 is 0 Å². The van der Waals surface area contributed by atoms with Gasteiger partial charge in [0.25, 0.3) is 0 Å². The highest BCUT2D eigenvalue weighted by Crippen LogP contribution is 1.79. The maximum absolute atomic E-state index is 4.43. The average Bonchev–Trinajstić information content (AvgIpc) is 1.72. The summed E-state index contributed by atoms with van der Waals surface area (Å²) < 4.78 is 0. The summed E-state index contributed by atoms with van der Waals surface area (Å²) in [5.74, 6) is 0. The minimum absolute atomic E-state index is 1.68. The minimum Gasteiger partial charge on any atom is -0.379 e. The molecule has 0 bridgehead atoms. The van der Waals surface area contributed by atoms with E-state index in [2.05, 4.69) is 16.6 Å². The molecule has 0 amide bonds. The molecule has 6 heavy (non-hydrogen) atoms. The van der Waals surface area contributed by atoms with E-state index in [0.29, 0.717) is 0 Å². The van der Waals surface area contributed by atoms with Crippen LogP contribution in [0, 0.1) is 6.26 Å². The molecule has 0 spiro atoms. The molecule has 0 saturated carbocycles. The van der Waals surface area contributed by atoms with Gasteiger partial charge in [-0.15, -0.1) is 0 Å². The molecule has 0 aromatic heterocycles. The van der Waals surface area contributed by atoms with Gasteiger partial charge in [-0.1, -0.05) is 0 Å². The topological polar surface area (TPSA) is 21.3 Å². The van der Waals surface area contributed by atoms with Gasteiger partial charge in [-0.2, -0.15) is 0 Å². The van der Waals surface area contributed by atoms with Crippen molar-refractivity contribution in [2.24, 2.45) is 0 Å². The van der Waals surface area contributed by atoms with Gasteiger partial charge in [0.1, 0.15) is 0 Å². The molecule has 1 heterocycles. The summed E-state index contributed by atoms with van der Waals surface area (Å²) >= 11 is 0. The number of nitrogens with one attached hydrogen (secondary N) is 1. The third-order valence-corrected chi connectivity index (χ3v) is 0.446. The third-order valence-electron chi connectivity index (χ3n) is 0.446. The largest absolute Gasteiger partial charge is 0.379 e. The second-order valence-electron chi connectivity index (χ2n) is 0.864. The van der Waals surface area contributed by atoms with Gasteiger partial charge in [0.05, 0.1) is 0 Å². The summed E-state index contributed by atoms with van der Waals surface area (Å²) in [6.45, 7) is 0. The first-order chi connectivity index (χ1) is 3.00. The first kappa shape index (κ1) is 3.28. The Bertz CT molecular complexity index is 73.5. The lowest BCUT2D eigenvalue weighted by molar-refractivity contribution is 0.152. The highest BCUT2D eigenvalue weighted by molar-refractivity contribution is 4.96. The van der Waals surface area contributed by atoms with Crippen LogP contribution in [0.2, 0.25) is 0 Å². The molecule has 31 valence electrons. The zero-order valence-corrected chi connectivity index (χ0v) is 3.14. The van der Waals surface area contributed by atoms with Crippen molar-refractivity contribution in [3.05, 3.63) is 24.6 Å². The van der Waals surface area contributed by atoms with Gasteiger partial charge < -0.3 is 4.84 Å². The highest BCUT2D eigenvalue weighted by atomic mass is 16.6. The Morgan fingerprint density at radius 1 is 1.67 bits per heavy atom. The van der Waals surface area contributed by atoms with Crippen LogP contribution in [0.25, 0.3) is 0 Å². The van der Waals surface area contributed by atoms with Crippen molar-refractivity contribution in [2.75, 3.05) is 0 Å². The van der Waals surface area contributed by atoms with E-state index in [1.54, 1.807) is 18.4 Å². The Hall–Kier alpha value is -0.920. The fourth-order valence-corrected chi connectivity index (χ4v) is 0.229. The molecular weight excluding hydrogens is 78.0 g/mol. The molecule has 0 aliphatic carbocycles. The zero-order valence-electron chi connectivity index (χ0n) is 3.14. The Morgan fingerprint density at radius 2 is 2.67 bits per heavy atom. The number of hydroxylamine groups is 1. The minimum atomic E-state index is 1.68. The number of hydrogen-bond donors (Lipinski definition) is 1. The van der Waals surface area contributed by atoms with Crippen molar-refractivity contribution in [3.8, 4) is 0 Å². The summed E-state index contributed by atoms with van der Waals surface area (Å²) in [4.78, 5) is 4.43. The van der Waals surface area contributed by atoms with Gasteiger partial charge in [0.15, 0.2) is 6.26 Å². The second kappa shape index (κ2) is 1.50. The van der Waals surface area contributed by atoms with E-state index in [9.17, 15) is 0 Å². The Balaban J connectivity index is 2.46. The molecule has 0 saturated heterocycles. The van der Waals surface area contributed by atoms with E-state index in [0.717, 1.165) is 0 Å². The quantitative estimate of drug-likeness (QED) is 0.455. The van der Waals surface area contributed by atoms with Crippen molar-refractivity contribution >= 4 is 0 Å². The van der Waals surface area contributed by atoms with E-state index in [1.807, 2.05) is 0 Å². The van der Waals surface area contributed by atoms with Gasteiger partial charge in [-0.25, -0.2) is 5.48 Å². The number of rotatable bonds is 0. The predicted molar refractivity (Wildman–Crippen MR) is 21.2 cm³/mol. The summed E-state index contributed by atoms with van der Waals surface area (Å²) in [6, 6.07) is 0. The molecule has 1 N–H and O–H groups in total. The van der Waals surface area contributed by atoms with Crippen LogP contribution in [0.15, 0.2) is 18.4 Å². The summed E-state index contributed by atoms with van der Waals surface area (Å²) in [5.41, 5.74) is 2.46. The molecule has 0 aromatic rings. The Labute approximate surface area is 36.1 Å². The van der Waals surface area contributed by atoms with Crippen LogP contribution in [0.5, 0.6) is 0 Å². The van der Waals surface area contributed by atoms with Crippen molar-refractivity contribution in [1.82, 2.24) is 5.48 Å². The molecular formula is C4H4NO. The Morgan fingerprint density at radius 3 is 2.83 bits per heavy atom. The SMILES string of the molecule is [C]1=CC=CNO1. The fraction of sp³-hybridized carbons (Fsp3) is 0. The lowest BCUT2D eigenvalue weighted by Gasteiger charge is -1.96. The monoisotopic (exact) mass is 82.0 g/mol. The summed E-state index contributed by atoms with van der Waals surface area (Å²) in [7, 11) is 0. The van der Waals surface area contributed by atoms with Crippen LogP contribution in [-0.4, -0.2) is 0 Å². The van der Waals surface area contributed by atoms with Crippen molar-refractivity contribution < 1.29 is 4.84 Å². The maximum Gasteiger partial charge on any atom is 0.200 e. The van der Waals surface area contributed by atoms with Gasteiger partial charge in [-0.05, 0) is 12.2 Å². The summed E-state index contributed by atoms with van der Waals surface area (Å²) in [6.07, 6.45) is 7.61. The van der Waals surface area contributed by atoms with Crippen LogP contribution < -0.4 is 5.48 Å². The molecule has 0 atom stereocenters. The van der Waals surface area contributed by atoms with Crippen molar-refractivity contribution in [1.29, 1.82) is 0 Å². The lowest BCUT2D eigenvalue weighted by Crippen LogP contribution is -2.02. The molecule has 1 aliphatic rings. The van der Waals surface area contributed by atoms with Crippen molar-refractivity contribution in [2.45, 2.75) is 0 Å². The van der Waals surface area contributed by atoms with Crippen LogP contribution in [0.3, 0.4) is 0 Å². The first-order valence-corrected chi connectivity index (χ1v) is 1.65. The highest BCUT2D eigenvalue weighted by Gasteiger charge is 1.74. The number of hydrogen-bond acceptors (Lipinski definition) is 2. The van der Waals surface area contributed by atoms with Gasteiger partial charge >= 0.3 is 0 Å². The molecule has 0 fully saturated rings. The van der Waals surface area contributed by atoms with Gasteiger partial charge in [0, 0.05) is 6.20 Å². The van der Waals surface area contributed by atoms with E-state index in [-0.39, 0.29) is 0 Å². The Kier molecular flexibility index (Phi) is 0.819. The molecule has 1 radical (unpaired) electrons. The molecule has 0 unspecified atom stereocenters. The molecule has 2 nitrogen and oxygen atoms in total. The second-order valence-corrected chi connectivity index (χ2v) is 0.864. The van der Waals surface area contributed by atoms with Gasteiger partial charge in [0.2, 0.25) is 0 Å². The average molecular weight is 82.1 g/mol. The molecule has 1 rings (SSSR count). The van der Waals surface area contributed by atoms with Gasteiger partial charge in [-0.3, -0.25) is 0 Å². The zero-order chi connectivity index (χ0) is 4.24. The van der Waals surface area contributed by atoms with Crippen molar-refractivity contribution in [3.63, 3.8) is 0 Å². The normalized spacial score (nSPS) is 16.0. The van der Waals surface area contributed by atoms with Crippen LogP contribution in [0.4, 0.5) is 0 Å². The van der Waals surface area contributed by atoms with E-state index in [4.69, 9.17) is 0 Å². The molecule has 0 aromatic carbocycles. The fourth-order valence-electron chi connectivity index (χ4n) is 0.229. The molecule has 1 aliphatic heterocycles. The summed E-state index contributed by atoms with van der Waals surface area (Å²) in [5, 5.41) is 0. The van der Waals surface area contributed by atoms with Crippen LogP contribution in [0.1, 0.15) is 0 Å². The number of allylic oxidation sites excluding steroid dienone is 2. The first-order valence-electron chi connectivity index (χ1n) is 1.65. The third kappa shape index (κ3) is 0.516.